The molecule has 1 atom stereocenters. The molecule has 0 aromatic heterocycles. The summed E-state index contributed by atoms with van der Waals surface area (Å²) in [6.45, 7) is 7.59. The Labute approximate surface area is 150 Å². The lowest BCUT2D eigenvalue weighted by atomic mass is 9.77. The lowest BCUT2D eigenvalue weighted by Gasteiger charge is -2.26. The van der Waals surface area contributed by atoms with Crippen LogP contribution in [0.3, 0.4) is 0 Å². The second kappa shape index (κ2) is 4.84. The van der Waals surface area contributed by atoms with Crippen LogP contribution in [0.4, 0.5) is 0 Å². The number of carbonyl (C=O) groups excluding carboxylic acids is 1. The molecule has 0 saturated carbocycles. The predicted octanol–water partition coefficient (Wildman–Crippen LogP) is 3.69. The van der Waals surface area contributed by atoms with Crippen molar-refractivity contribution in [3.8, 4) is 17.2 Å². The lowest BCUT2D eigenvalue weighted by molar-refractivity contribution is 0.0947. The largest absolute Gasteiger partial charge is 0.507 e. The highest BCUT2D eigenvalue weighted by atomic mass is 16.5. The molecule has 2 aliphatic rings. The maximum absolute atomic E-state index is 12.8. The van der Waals surface area contributed by atoms with Gasteiger partial charge < -0.3 is 24.8 Å². The van der Waals surface area contributed by atoms with E-state index in [1.807, 2.05) is 20.8 Å². The molecule has 26 heavy (non-hydrogen) atoms. The zero-order valence-electron chi connectivity index (χ0n) is 15.2. The Morgan fingerprint density at radius 1 is 1.15 bits per heavy atom. The highest BCUT2D eigenvalue weighted by Crippen LogP contribution is 2.57. The van der Waals surface area contributed by atoms with Gasteiger partial charge in [-0.3, -0.25) is 4.79 Å². The summed E-state index contributed by atoms with van der Waals surface area (Å²) < 4.78 is 11.1. The van der Waals surface area contributed by atoms with Crippen molar-refractivity contribution in [1.29, 1.82) is 0 Å². The van der Waals surface area contributed by atoms with E-state index in [1.165, 1.54) is 13.2 Å². The third kappa shape index (κ3) is 1.69. The van der Waals surface area contributed by atoms with Gasteiger partial charge in [0.25, 0.3) is 0 Å². The fraction of sp³-hybridized carbons (Fsp3) is 0.350. The standard InChI is InChI=1S/C20H20O6/c1-7-6-9(21)11-12-10(7)18-14(20(3,4)8(2)26-18)15(22)13(12)17(24)19(25-5)16(11)23/h6,8,21-22,24H,1-5H3. The molecule has 0 fully saturated rings. The fourth-order valence-corrected chi connectivity index (χ4v) is 4.05. The molecule has 6 nitrogen and oxygen atoms in total. The van der Waals surface area contributed by atoms with Gasteiger partial charge in [-0.25, -0.2) is 0 Å². The molecule has 1 unspecified atom stereocenters. The number of aromatic hydroxyl groups is 2. The first-order valence-corrected chi connectivity index (χ1v) is 8.37. The molecule has 136 valence electrons. The zero-order chi connectivity index (χ0) is 19.1. The Hall–Kier alpha value is -2.89. The number of phenols is 2. The normalized spacial score (nSPS) is 20.3. The summed E-state index contributed by atoms with van der Waals surface area (Å²) in [5.74, 6) is -1.28. The summed E-state index contributed by atoms with van der Waals surface area (Å²) in [5.41, 5.74) is 0.835. The van der Waals surface area contributed by atoms with E-state index >= 15 is 0 Å². The monoisotopic (exact) mass is 356 g/mol. The van der Waals surface area contributed by atoms with Crippen LogP contribution >= 0.6 is 0 Å². The number of Topliss-reactive ketones (excluding diaryl/α,β-unsaturated/α-hetero) is 1. The quantitative estimate of drug-likeness (QED) is 0.721. The van der Waals surface area contributed by atoms with Crippen LogP contribution in [-0.4, -0.2) is 34.3 Å². The summed E-state index contributed by atoms with van der Waals surface area (Å²) in [5, 5.41) is 33.0. The summed E-state index contributed by atoms with van der Waals surface area (Å²) in [6.07, 6.45) is -0.219. The van der Waals surface area contributed by atoms with Gasteiger partial charge in [0, 0.05) is 21.8 Å². The van der Waals surface area contributed by atoms with E-state index in [0.717, 1.165) is 0 Å². The van der Waals surface area contributed by atoms with Gasteiger partial charge in [-0.05, 0) is 25.5 Å². The van der Waals surface area contributed by atoms with E-state index in [-0.39, 0.29) is 39.9 Å². The molecule has 4 rings (SSSR count). The molecule has 0 saturated heterocycles. The van der Waals surface area contributed by atoms with Crippen molar-refractivity contribution in [1.82, 2.24) is 0 Å². The van der Waals surface area contributed by atoms with Crippen LogP contribution in [0.5, 0.6) is 17.2 Å². The van der Waals surface area contributed by atoms with Crippen molar-refractivity contribution in [2.45, 2.75) is 39.2 Å². The van der Waals surface area contributed by atoms with Gasteiger partial charge in [0.15, 0.2) is 5.76 Å². The molecular formula is C20H20O6. The summed E-state index contributed by atoms with van der Waals surface area (Å²) >= 11 is 0. The molecule has 0 bridgehead atoms. The van der Waals surface area contributed by atoms with E-state index in [0.29, 0.717) is 22.3 Å². The van der Waals surface area contributed by atoms with E-state index in [4.69, 9.17) is 9.47 Å². The lowest BCUT2D eigenvalue weighted by Crippen LogP contribution is -2.29. The number of allylic oxidation sites excluding steroid dienone is 1. The van der Waals surface area contributed by atoms with Crippen LogP contribution in [0.25, 0.3) is 16.5 Å². The number of fused-ring (bicyclic) bond motifs is 2. The molecule has 2 aromatic carbocycles. The first-order valence-electron chi connectivity index (χ1n) is 8.37. The summed E-state index contributed by atoms with van der Waals surface area (Å²) in [7, 11) is 1.26. The van der Waals surface area contributed by atoms with Crippen LogP contribution in [0.1, 0.15) is 47.8 Å². The number of ether oxygens (including phenoxy) is 2. The van der Waals surface area contributed by atoms with E-state index in [1.54, 1.807) is 6.92 Å². The van der Waals surface area contributed by atoms with E-state index in [9.17, 15) is 20.1 Å². The van der Waals surface area contributed by atoms with Crippen molar-refractivity contribution in [2.75, 3.05) is 7.11 Å². The smallest absolute Gasteiger partial charge is 0.235 e. The Balaban J connectivity index is 2.32. The minimum absolute atomic E-state index is 0.00527. The Morgan fingerprint density at radius 2 is 1.81 bits per heavy atom. The van der Waals surface area contributed by atoms with Crippen LogP contribution in [0, 0.1) is 6.92 Å². The second-order valence-corrected chi connectivity index (χ2v) is 7.46. The molecular weight excluding hydrogens is 336 g/mol. The molecule has 0 spiro atoms. The number of aliphatic hydroxyl groups excluding tert-OH is 1. The highest BCUT2D eigenvalue weighted by Gasteiger charge is 2.46. The van der Waals surface area contributed by atoms with E-state index in [2.05, 4.69) is 0 Å². The van der Waals surface area contributed by atoms with Crippen molar-refractivity contribution in [2.24, 2.45) is 0 Å². The number of aryl methyl sites for hydroxylation is 1. The van der Waals surface area contributed by atoms with Gasteiger partial charge in [0.1, 0.15) is 23.4 Å². The van der Waals surface area contributed by atoms with Gasteiger partial charge in [0.2, 0.25) is 11.5 Å². The van der Waals surface area contributed by atoms with Crippen LogP contribution < -0.4 is 4.74 Å². The number of benzene rings is 2. The minimum atomic E-state index is -0.635. The van der Waals surface area contributed by atoms with Crippen LogP contribution in [0.15, 0.2) is 11.8 Å². The van der Waals surface area contributed by atoms with Gasteiger partial charge >= 0.3 is 0 Å². The number of rotatable bonds is 1. The molecule has 6 heteroatoms. The highest BCUT2D eigenvalue weighted by molar-refractivity contribution is 6.26. The SMILES string of the molecule is COC1=C(O)c2c(O)c3c(c4c(C)cc(O)c(c24)C1=O)OC(C)C3(C)C. The average Bonchev–Trinajstić information content (AvgIpc) is 2.77. The molecule has 1 aliphatic carbocycles. The van der Waals surface area contributed by atoms with Crippen molar-refractivity contribution >= 4 is 22.3 Å². The first kappa shape index (κ1) is 16.6. The van der Waals surface area contributed by atoms with Crippen molar-refractivity contribution < 1.29 is 29.6 Å². The molecule has 1 heterocycles. The fourth-order valence-electron chi connectivity index (χ4n) is 4.05. The second-order valence-electron chi connectivity index (χ2n) is 7.46. The molecule has 1 aliphatic heterocycles. The average molecular weight is 356 g/mol. The van der Waals surface area contributed by atoms with E-state index < -0.39 is 17.0 Å². The Morgan fingerprint density at radius 3 is 2.42 bits per heavy atom. The first-order chi connectivity index (χ1) is 12.1. The zero-order valence-corrected chi connectivity index (χ0v) is 15.2. The molecule has 0 amide bonds. The number of methoxy groups -OCH3 is 1. The predicted molar refractivity (Wildman–Crippen MR) is 96.0 cm³/mol. The molecule has 0 radical (unpaired) electrons. The van der Waals surface area contributed by atoms with Crippen LogP contribution in [-0.2, 0) is 10.2 Å². The van der Waals surface area contributed by atoms with Gasteiger partial charge in [-0.2, -0.15) is 0 Å². The maximum Gasteiger partial charge on any atom is 0.235 e. The number of ketones is 1. The summed E-state index contributed by atoms with van der Waals surface area (Å²) in [6, 6.07) is 1.49. The Kier molecular flexibility index (Phi) is 3.09. The number of aliphatic hydroxyl groups is 1. The van der Waals surface area contributed by atoms with Crippen LogP contribution in [0.2, 0.25) is 0 Å². The number of carbonyl (C=O) groups is 1. The number of phenolic OH excluding ortho intramolecular Hbond substituents is 2. The van der Waals surface area contributed by atoms with Crippen molar-refractivity contribution in [3.05, 3.63) is 34.1 Å². The molecule has 2 aromatic rings. The molecule has 3 N–H and O–H groups in total. The maximum atomic E-state index is 12.8. The van der Waals surface area contributed by atoms with Gasteiger partial charge in [0.05, 0.1) is 18.2 Å². The van der Waals surface area contributed by atoms with Crippen molar-refractivity contribution in [3.63, 3.8) is 0 Å². The Bertz CT molecular complexity index is 1040. The summed E-state index contributed by atoms with van der Waals surface area (Å²) in [4.78, 5) is 12.8. The van der Waals surface area contributed by atoms with Gasteiger partial charge in [-0.15, -0.1) is 0 Å². The van der Waals surface area contributed by atoms with Gasteiger partial charge in [-0.1, -0.05) is 13.8 Å². The number of hydrogen-bond acceptors (Lipinski definition) is 6. The third-order valence-corrected chi connectivity index (χ3v) is 5.73. The number of hydrogen-bond donors (Lipinski definition) is 3. The minimum Gasteiger partial charge on any atom is -0.507 e. The topological polar surface area (TPSA) is 96.2 Å². The third-order valence-electron chi connectivity index (χ3n) is 5.73.